The molecule has 0 saturated carbocycles. The quantitative estimate of drug-likeness (QED) is 0.0264. The standard InChI is InChI=1S/C115H156N2O27/c1-113(2,3)143-111(118)116-43-11-13-45-137-101-37-31-95(32-38-101)25-23-91-15-19-93(20-16-91)27-29-97-35-41-107-108-42-36-98(30-28-94-21-17-92(18-22-94)24-26-96-33-39-102(40-34-96)138-46-14-12-44-117-112(119)144-114(4,5)6)86-110(108)115(109(107)85-97,89-99-81-103(139-77-73-125-52-48-121-8)87-104(82-99)140-78-74-126-53-49-122-9)90-100-83-105(141-79-75-127-54-50-123-10)88-106(84-100)142-80-76-136-72-71-135-70-69-134-68-67-133-66-65-132-64-63-131-62-61-130-60-59-129-58-57-128-56-55-124-51-47-120-7/h15-42,81-88H,11-14,43-80,89-90H2,1-10H3,(H,116,118)(H,117,119)/b25-23+,26-24+,29-27+,30-28+. The number of ether oxygens (including phenoxy) is 25. The van der Waals surface area contributed by atoms with Crippen molar-refractivity contribution < 1.29 is 128 Å². The first-order valence-electron chi connectivity index (χ1n) is 50.2. The lowest BCUT2D eigenvalue weighted by Crippen LogP contribution is -2.33. The van der Waals surface area contributed by atoms with Crippen molar-refractivity contribution >= 4 is 60.8 Å². The molecule has 9 rings (SSSR count). The van der Waals surface area contributed by atoms with Gasteiger partial charge in [0, 0.05) is 59.1 Å². The van der Waals surface area contributed by atoms with Crippen LogP contribution in [0.25, 0.3) is 59.7 Å². The van der Waals surface area contributed by atoms with E-state index in [1.165, 1.54) is 0 Å². The van der Waals surface area contributed by atoms with Gasteiger partial charge in [0.05, 0.1) is 211 Å². The highest BCUT2D eigenvalue weighted by Crippen LogP contribution is 2.54. The van der Waals surface area contributed by atoms with Gasteiger partial charge in [-0.2, -0.15) is 0 Å². The van der Waals surface area contributed by atoms with Crippen LogP contribution < -0.4 is 39.1 Å². The molecule has 788 valence electrons. The van der Waals surface area contributed by atoms with Crippen LogP contribution in [0.15, 0.2) is 170 Å². The number of rotatable bonds is 79. The minimum atomic E-state index is -0.808. The Balaban J connectivity index is 0.916. The van der Waals surface area contributed by atoms with Crippen molar-refractivity contribution in [3.8, 4) is 45.6 Å². The second-order valence-corrected chi connectivity index (χ2v) is 35.8. The molecule has 2 amide bonds. The van der Waals surface area contributed by atoms with Gasteiger partial charge in [0.15, 0.2) is 0 Å². The first-order valence-corrected chi connectivity index (χ1v) is 50.2. The van der Waals surface area contributed by atoms with Crippen LogP contribution in [0.2, 0.25) is 0 Å². The number of benzene rings is 8. The smallest absolute Gasteiger partial charge is 0.407 e. The van der Waals surface area contributed by atoms with Gasteiger partial charge in [-0.3, -0.25) is 0 Å². The number of fused-ring (bicyclic) bond motifs is 3. The van der Waals surface area contributed by atoms with E-state index in [0.29, 0.717) is 260 Å². The minimum absolute atomic E-state index is 0.246. The summed E-state index contributed by atoms with van der Waals surface area (Å²) in [4.78, 5) is 24.1. The summed E-state index contributed by atoms with van der Waals surface area (Å²) in [7, 11) is 6.61. The summed E-state index contributed by atoms with van der Waals surface area (Å²) >= 11 is 0. The van der Waals surface area contributed by atoms with E-state index in [2.05, 4.69) is 168 Å². The van der Waals surface area contributed by atoms with E-state index in [9.17, 15) is 9.59 Å². The first kappa shape index (κ1) is 117. The normalized spacial score (nSPS) is 12.4. The van der Waals surface area contributed by atoms with Gasteiger partial charge in [0.1, 0.15) is 72.1 Å². The highest BCUT2D eigenvalue weighted by molar-refractivity contribution is 5.86. The fraction of sp³-hybridized carbons (Fsp3) is 0.496. The van der Waals surface area contributed by atoms with Gasteiger partial charge in [0.2, 0.25) is 0 Å². The molecular weight excluding hydrogens is 1840 g/mol. The molecule has 0 heterocycles. The number of alkyl carbamates (subject to hydrolysis) is 2. The van der Waals surface area contributed by atoms with Gasteiger partial charge >= 0.3 is 12.2 Å². The van der Waals surface area contributed by atoms with Crippen molar-refractivity contribution in [2.45, 2.75) is 96.7 Å². The molecule has 0 atom stereocenters. The van der Waals surface area contributed by atoms with Crippen LogP contribution >= 0.6 is 0 Å². The molecule has 8 aromatic carbocycles. The SMILES string of the molecule is COCCOCCOCCOCCOCCOCCOCCOCCOCCOCCOCCOc1cc(CC2(Cc3cc(OCCOCCOC)cc(OCCOCCOC)c3)c3cc(/C=C/c4ccc(/C=C/c5ccc(OCCCCNC(=O)OC(C)(C)C)cc5)cc4)ccc3-c3ccc(/C=C/c4ccc(/C=C/c5ccc(OCCCCNC(=O)OC(C)(C)C)cc5)cc4)cc32)cc(OCCOCCOC)c1. The van der Waals surface area contributed by atoms with Gasteiger partial charge in [-0.25, -0.2) is 9.59 Å². The van der Waals surface area contributed by atoms with Crippen molar-refractivity contribution in [3.63, 3.8) is 0 Å². The zero-order chi connectivity index (χ0) is 102. The van der Waals surface area contributed by atoms with E-state index in [1.807, 2.05) is 102 Å². The zero-order valence-corrected chi connectivity index (χ0v) is 86.4. The molecule has 144 heavy (non-hydrogen) atoms. The third kappa shape index (κ3) is 49.5. The molecule has 0 aromatic heterocycles. The Labute approximate surface area is 853 Å². The van der Waals surface area contributed by atoms with Crippen molar-refractivity contribution in [1.29, 1.82) is 0 Å². The zero-order valence-electron chi connectivity index (χ0n) is 86.4. The fourth-order valence-electron chi connectivity index (χ4n) is 14.9. The highest BCUT2D eigenvalue weighted by atomic mass is 16.6. The summed E-state index contributed by atoms with van der Waals surface area (Å²) in [5.41, 5.74) is 12.8. The van der Waals surface area contributed by atoms with Gasteiger partial charge in [-0.15, -0.1) is 0 Å². The van der Waals surface area contributed by atoms with Gasteiger partial charge in [0.25, 0.3) is 0 Å². The van der Waals surface area contributed by atoms with E-state index >= 15 is 0 Å². The number of nitrogens with one attached hydrogen (secondary N) is 2. The molecular formula is C115H156N2O27. The molecule has 8 aromatic rings. The highest BCUT2D eigenvalue weighted by Gasteiger charge is 2.44. The van der Waals surface area contributed by atoms with Crippen LogP contribution in [-0.2, 0) is 108 Å². The number of carbonyl (C=O) groups excluding carboxylic acids is 2. The van der Waals surface area contributed by atoms with Crippen LogP contribution in [0.3, 0.4) is 0 Å². The van der Waals surface area contributed by atoms with Crippen LogP contribution in [0.5, 0.6) is 34.5 Å². The van der Waals surface area contributed by atoms with Crippen molar-refractivity contribution in [2.24, 2.45) is 0 Å². The lowest BCUT2D eigenvalue weighted by Gasteiger charge is -2.34. The molecule has 1 aliphatic carbocycles. The van der Waals surface area contributed by atoms with Gasteiger partial charge in [-0.05, 0) is 206 Å². The third-order valence-corrected chi connectivity index (χ3v) is 21.9. The van der Waals surface area contributed by atoms with E-state index in [1.54, 1.807) is 28.4 Å². The van der Waals surface area contributed by atoms with Crippen LogP contribution in [0, 0.1) is 0 Å². The van der Waals surface area contributed by atoms with E-state index < -0.39 is 28.8 Å². The van der Waals surface area contributed by atoms with Crippen molar-refractivity contribution in [3.05, 3.63) is 237 Å². The summed E-state index contributed by atoms with van der Waals surface area (Å²) in [5, 5.41) is 5.62. The Morgan fingerprint density at radius 3 is 0.681 bits per heavy atom. The molecule has 0 unspecified atom stereocenters. The summed E-state index contributed by atoms with van der Waals surface area (Å²) in [6.07, 6.45) is 20.4. The number of unbranched alkanes of at least 4 members (excludes halogenated alkanes) is 2. The second-order valence-electron chi connectivity index (χ2n) is 35.8. The summed E-state index contributed by atoms with van der Waals surface area (Å²) in [5.74, 6) is 4.04. The summed E-state index contributed by atoms with van der Waals surface area (Å²) < 4.78 is 145. The molecule has 0 aliphatic heterocycles. The Morgan fingerprint density at radius 2 is 0.444 bits per heavy atom. The fourth-order valence-corrected chi connectivity index (χ4v) is 14.9. The molecule has 0 fully saturated rings. The number of methoxy groups -OCH3 is 4. The second kappa shape index (κ2) is 70.2. The molecule has 0 radical (unpaired) electrons. The molecule has 29 heteroatoms. The maximum Gasteiger partial charge on any atom is 0.407 e. The van der Waals surface area contributed by atoms with E-state index in [-0.39, 0.29) is 26.4 Å². The van der Waals surface area contributed by atoms with Crippen molar-refractivity contribution in [2.75, 3.05) is 279 Å². The number of amides is 2. The third-order valence-electron chi connectivity index (χ3n) is 21.9. The van der Waals surface area contributed by atoms with Gasteiger partial charge in [-0.1, -0.05) is 158 Å². The molecule has 2 N–H and O–H groups in total. The molecule has 29 nitrogen and oxygen atoms in total. The van der Waals surface area contributed by atoms with E-state index in [0.717, 1.165) is 115 Å². The molecule has 1 aliphatic rings. The molecule has 0 spiro atoms. The monoisotopic (exact) mass is 2000 g/mol. The van der Waals surface area contributed by atoms with Gasteiger partial charge < -0.3 is 129 Å². The average molecular weight is 2000 g/mol. The predicted molar refractivity (Wildman–Crippen MR) is 562 cm³/mol. The topological polar surface area (TPSA) is 289 Å². The Kier molecular flexibility index (Phi) is 57.0. The predicted octanol–water partition coefficient (Wildman–Crippen LogP) is 18.8. The Bertz CT molecular complexity index is 4710. The van der Waals surface area contributed by atoms with Crippen LogP contribution in [0.1, 0.15) is 134 Å². The maximum atomic E-state index is 12.1. The van der Waals surface area contributed by atoms with Crippen LogP contribution in [0.4, 0.5) is 9.59 Å². The van der Waals surface area contributed by atoms with Crippen molar-refractivity contribution in [1.82, 2.24) is 10.6 Å². The Hall–Kier alpha value is -10.6. The summed E-state index contributed by atoms with van der Waals surface area (Å²) in [6, 6.07) is 59.2. The Morgan fingerprint density at radius 1 is 0.236 bits per heavy atom. The first-order chi connectivity index (χ1) is 70.3. The largest absolute Gasteiger partial charge is 0.494 e. The average Bonchev–Trinajstić information content (AvgIpc) is 1.55. The molecule has 0 saturated heterocycles. The number of hydrogen-bond donors (Lipinski definition) is 2. The lowest BCUT2D eigenvalue weighted by molar-refractivity contribution is -0.0273. The van der Waals surface area contributed by atoms with E-state index in [4.69, 9.17) is 118 Å². The van der Waals surface area contributed by atoms with Crippen LogP contribution in [-0.4, -0.2) is 303 Å². The maximum absolute atomic E-state index is 12.1. The lowest BCUT2D eigenvalue weighted by atomic mass is 9.69. The minimum Gasteiger partial charge on any atom is -0.494 e. The summed E-state index contributed by atoms with van der Waals surface area (Å²) in [6.45, 7) is 27.5. The number of carbonyl (C=O) groups is 2. The molecule has 0 bridgehead atoms. The number of hydrogen-bond acceptors (Lipinski definition) is 27.